The Bertz CT molecular complexity index is 1470. The normalized spacial score (nSPS) is 26.8. The molecule has 0 spiro atoms. The van der Waals surface area contributed by atoms with Crippen molar-refractivity contribution in [2.24, 2.45) is 17.6 Å². The molecule has 1 aromatic carbocycles. The summed E-state index contributed by atoms with van der Waals surface area (Å²) in [5.41, 5.74) is 3.89. The molecule has 196 valence electrons. The number of primary amides is 1. The van der Waals surface area contributed by atoms with Gasteiger partial charge in [-0.05, 0) is 60.9 Å². The van der Waals surface area contributed by atoms with Gasteiger partial charge in [0, 0.05) is 42.8 Å². The van der Waals surface area contributed by atoms with Crippen LogP contribution in [0.15, 0.2) is 47.4 Å². The van der Waals surface area contributed by atoms with E-state index in [0.29, 0.717) is 5.56 Å². The highest BCUT2D eigenvalue weighted by Crippen LogP contribution is 2.53. The number of carbonyl (C=O) groups excluding carboxylic acids is 3. The number of nitrogens with two attached hydrogens (primary N) is 1. The number of fused-ring (bicyclic) bond motifs is 3. The second kappa shape index (κ2) is 8.42. The van der Waals surface area contributed by atoms with E-state index < -0.39 is 52.0 Å². The lowest BCUT2D eigenvalue weighted by atomic mass is 9.59. The molecule has 1 aromatic heterocycles. The highest BCUT2D eigenvalue weighted by molar-refractivity contribution is 6.22. The molecule has 1 aliphatic heterocycles. The Morgan fingerprint density at radius 1 is 1.05 bits per heavy atom. The number of benzene rings is 1. The van der Waals surface area contributed by atoms with E-state index in [1.165, 1.54) is 6.07 Å². The average molecular weight is 518 g/mol. The number of hydrogen-bond donors (Lipinski definition) is 5. The van der Waals surface area contributed by atoms with Crippen LogP contribution in [-0.4, -0.2) is 61.6 Å². The predicted molar refractivity (Wildman–Crippen MR) is 136 cm³/mol. The maximum absolute atomic E-state index is 13.6. The van der Waals surface area contributed by atoms with Crippen LogP contribution in [0.2, 0.25) is 0 Å². The number of aromatic nitrogens is 1. The van der Waals surface area contributed by atoms with Crippen LogP contribution in [0.1, 0.15) is 36.8 Å². The Labute approximate surface area is 217 Å². The highest BCUT2D eigenvalue weighted by atomic mass is 16.3. The third-order valence-corrected chi connectivity index (χ3v) is 8.44. The summed E-state index contributed by atoms with van der Waals surface area (Å²) in [7, 11) is 0. The van der Waals surface area contributed by atoms with Crippen LogP contribution in [-0.2, 0) is 20.8 Å². The smallest absolute Gasteiger partial charge is 0.255 e. The summed E-state index contributed by atoms with van der Waals surface area (Å²) in [6.45, 7) is 1.92. The molecule has 1 amide bonds. The Hall–Kier alpha value is -4.18. The van der Waals surface area contributed by atoms with Crippen LogP contribution in [0.25, 0.3) is 16.9 Å². The Balaban J connectivity index is 1.45. The van der Waals surface area contributed by atoms with E-state index in [0.717, 1.165) is 42.9 Å². The number of anilines is 1. The zero-order valence-electron chi connectivity index (χ0n) is 20.5. The number of aliphatic hydroxyl groups is 3. The highest BCUT2D eigenvalue weighted by Gasteiger charge is 2.60. The lowest BCUT2D eigenvalue weighted by Gasteiger charge is -2.46. The fraction of sp³-hybridized carbons (Fsp3) is 0.357. The quantitative estimate of drug-likeness (QED) is 0.382. The molecule has 6 rings (SSSR count). The summed E-state index contributed by atoms with van der Waals surface area (Å²) in [6, 6.07) is 7.03. The van der Waals surface area contributed by atoms with Gasteiger partial charge in [-0.15, -0.1) is 0 Å². The van der Waals surface area contributed by atoms with Crippen molar-refractivity contribution < 1.29 is 34.8 Å². The minimum absolute atomic E-state index is 0.0678. The van der Waals surface area contributed by atoms with Crippen LogP contribution in [0.3, 0.4) is 0 Å². The van der Waals surface area contributed by atoms with Gasteiger partial charge in [-0.1, -0.05) is 6.07 Å². The fourth-order valence-corrected chi connectivity index (χ4v) is 6.57. The number of ketones is 2. The van der Waals surface area contributed by atoms with E-state index in [2.05, 4.69) is 9.88 Å². The first-order valence-electron chi connectivity index (χ1n) is 12.7. The molecule has 3 aliphatic carbocycles. The molecule has 10 heteroatoms. The first-order valence-corrected chi connectivity index (χ1v) is 12.7. The van der Waals surface area contributed by atoms with Gasteiger partial charge < -0.3 is 31.1 Å². The minimum atomic E-state index is -2.57. The van der Waals surface area contributed by atoms with Crippen molar-refractivity contribution in [2.75, 3.05) is 18.0 Å². The number of carbonyl (C=O) groups is 3. The maximum Gasteiger partial charge on any atom is 0.255 e. The van der Waals surface area contributed by atoms with Crippen LogP contribution >= 0.6 is 0 Å². The number of Topliss-reactive ketones (excluding diaryl/α,β-unsaturated/α-hetero) is 2. The van der Waals surface area contributed by atoms with Crippen molar-refractivity contribution in [3.63, 3.8) is 0 Å². The number of phenols is 1. The van der Waals surface area contributed by atoms with Gasteiger partial charge in [0.2, 0.25) is 5.78 Å². The van der Waals surface area contributed by atoms with Gasteiger partial charge in [-0.25, -0.2) is 4.98 Å². The minimum Gasteiger partial charge on any atom is -0.508 e. The van der Waals surface area contributed by atoms with E-state index in [4.69, 9.17) is 5.73 Å². The first-order chi connectivity index (χ1) is 18.1. The molecule has 10 nitrogen and oxygen atoms in total. The molecule has 3 atom stereocenters. The molecular formula is C28H27N3O7. The fourth-order valence-electron chi connectivity index (χ4n) is 6.57. The second-order valence-corrected chi connectivity index (χ2v) is 10.5. The summed E-state index contributed by atoms with van der Waals surface area (Å²) in [4.78, 5) is 44.8. The third-order valence-electron chi connectivity index (χ3n) is 8.44. The van der Waals surface area contributed by atoms with Crippen LogP contribution in [0.4, 0.5) is 5.82 Å². The molecular weight excluding hydrogens is 490 g/mol. The third kappa shape index (κ3) is 3.29. The SMILES string of the molecule is NC(=O)C1=C(O)[C@@]2(O)C(=O)C3=C(O)c4c(O)ccc(-c5ccc(N6CCCC6)nc5)c4C[C@H]3C[C@H]2CC1=O. The molecule has 1 saturated heterocycles. The molecule has 2 fully saturated rings. The van der Waals surface area contributed by atoms with Gasteiger partial charge in [-0.2, -0.15) is 0 Å². The monoisotopic (exact) mass is 517 g/mol. The summed E-state index contributed by atoms with van der Waals surface area (Å²) in [5, 5.41) is 44.0. The molecule has 38 heavy (non-hydrogen) atoms. The number of rotatable bonds is 3. The van der Waals surface area contributed by atoms with Crippen molar-refractivity contribution >= 4 is 29.1 Å². The summed E-state index contributed by atoms with van der Waals surface area (Å²) < 4.78 is 0. The number of aliphatic hydroxyl groups excluding tert-OH is 2. The summed E-state index contributed by atoms with van der Waals surface area (Å²) >= 11 is 0. The molecule has 2 heterocycles. The lowest BCUT2D eigenvalue weighted by molar-refractivity contribution is -0.147. The number of hydrogen-bond acceptors (Lipinski definition) is 9. The lowest BCUT2D eigenvalue weighted by Crippen LogP contribution is -2.58. The standard InChI is InChI=1S/C28H27N3O7/c29-27(37)23-19(33)11-15-9-14-10-17-16(13-3-6-20(30-12-13)31-7-1-2-8-31)4-5-18(32)22(17)24(34)21(14)25(35)28(15,38)26(23)36/h3-6,12,14-15,32,34,36,38H,1-2,7-11H2,(H2,29,37)/t14-,15+,28+/m1/s1. The average Bonchev–Trinajstić information content (AvgIpc) is 3.41. The van der Waals surface area contributed by atoms with Gasteiger partial charge in [0.05, 0.1) is 5.56 Å². The number of nitrogens with zero attached hydrogens (tertiary/aromatic N) is 2. The molecule has 0 unspecified atom stereocenters. The maximum atomic E-state index is 13.6. The van der Waals surface area contributed by atoms with Crippen molar-refractivity contribution in [1.82, 2.24) is 4.98 Å². The van der Waals surface area contributed by atoms with Gasteiger partial charge in [0.25, 0.3) is 5.91 Å². The Morgan fingerprint density at radius 3 is 2.45 bits per heavy atom. The molecule has 6 N–H and O–H groups in total. The first kappa shape index (κ1) is 24.2. The zero-order valence-corrected chi connectivity index (χ0v) is 20.5. The van der Waals surface area contributed by atoms with Gasteiger partial charge >= 0.3 is 0 Å². The second-order valence-electron chi connectivity index (χ2n) is 10.5. The zero-order chi connectivity index (χ0) is 26.9. The number of aromatic hydroxyl groups is 1. The predicted octanol–water partition coefficient (Wildman–Crippen LogP) is 2.09. The summed E-state index contributed by atoms with van der Waals surface area (Å²) in [5.74, 6) is -5.53. The molecule has 4 aliphatic rings. The summed E-state index contributed by atoms with van der Waals surface area (Å²) in [6.07, 6.45) is 3.98. The number of amides is 1. The van der Waals surface area contributed by atoms with Crippen molar-refractivity contribution in [2.45, 2.75) is 37.7 Å². The number of phenolic OH excluding ortho intramolecular Hbond substituents is 1. The molecule has 1 saturated carbocycles. The van der Waals surface area contributed by atoms with E-state index in [-0.39, 0.29) is 36.1 Å². The largest absolute Gasteiger partial charge is 0.508 e. The van der Waals surface area contributed by atoms with Crippen LogP contribution in [0.5, 0.6) is 5.75 Å². The van der Waals surface area contributed by atoms with E-state index in [1.807, 2.05) is 12.1 Å². The number of pyridine rings is 1. The van der Waals surface area contributed by atoms with E-state index in [1.54, 1.807) is 12.3 Å². The molecule has 0 bridgehead atoms. The van der Waals surface area contributed by atoms with Crippen LogP contribution in [0, 0.1) is 11.8 Å². The van der Waals surface area contributed by atoms with Gasteiger partial charge in [0.15, 0.2) is 11.4 Å². The topological polar surface area (TPSA) is 174 Å². The Kier molecular flexibility index (Phi) is 5.36. The van der Waals surface area contributed by atoms with Crippen molar-refractivity contribution in [1.29, 1.82) is 0 Å². The van der Waals surface area contributed by atoms with Crippen molar-refractivity contribution in [3.05, 3.63) is 58.5 Å². The van der Waals surface area contributed by atoms with E-state index in [9.17, 15) is 34.8 Å². The van der Waals surface area contributed by atoms with E-state index >= 15 is 0 Å². The van der Waals surface area contributed by atoms with Crippen molar-refractivity contribution in [3.8, 4) is 16.9 Å². The molecule has 2 aromatic rings. The Morgan fingerprint density at radius 2 is 1.79 bits per heavy atom. The van der Waals surface area contributed by atoms with Gasteiger partial charge in [-0.3, -0.25) is 14.4 Å². The molecule has 0 radical (unpaired) electrons. The van der Waals surface area contributed by atoms with Gasteiger partial charge in [0.1, 0.15) is 28.7 Å². The van der Waals surface area contributed by atoms with Crippen LogP contribution < -0.4 is 10.6 Å².